The number of rotatable bonds is 51. The number of allylic oxidation sites excluding steroid dienone is 19. The zero-order valence-corrected chi connectivity index (χ0v) is 47.2. The Labute approximate surface area is 449 Å². The maximum Gasteiger partial charge on any atom is 0.472 e. The molecule has 0 saturated carbocycles. The number of hydrogen-bond acceptors (Lipinski definition) is 10. The van der Waals surface area contributed by atoms with Crippen LogP contribution >= 0.6 is 7.82 Å². The van der Waals surface area contributed by atoms with Gasteiger partial charge in [-0.05, 0) is 109 Å². The van der Waals surface area contributed by atoms with E-state index in [1.54, 1.807) is 6.08 Å². The summed E-state index contributed by atoms with van der Waals surface area (Å²) in [6.07, 6.45) is 67.6. The van der Waals surface area contributed by atoms with Crippen LogP contribution in [0.1, 0.15) is 213 Å². The number of aliphatic hydroxyl groups is 1. The first-order valence-electron chi connectivity index (χ1n) is 28.4. The number of carbonyl (C=O) groups is 3. The predicted octanol–water partition coefficient (Wildman–Crippen LogP) is 16.8. The van der Waals surface area contributed by atoms with Crippen molar-refractivity contribution in [1.29, 1.82) is 0 Å². The van der Waals surface area contributed by atoms with Gasteiger partial charge in [0.15, 0.2) is 6.10 Å². The number of ether oxygens (including phenoxy) is 3. The van der Waals surface area contributed by atoms with Crippen LogP contribution < -0.4 is 0 Å². The molecule has 74 heavy (non-hydrogen) atoms. The highest BCUT2D eigenvalue weighted by Gasteiger charge is 2.28. The quantitative estimate of drug-likeness (QED) is 0.0197. The van der Waals surface area contributed by atoms with Gasteiger partial charge >= 0.3 is 25.7 Å². The molecule has 0 radical (unpaired) electrons. The van der Waals surface area contributed by atoms with Gasteiger partial charge in [0, 0.05) is 12.8 Å². The Bertz CT molecular complexity index is 1700. The predicted molar refractivity (Wildman–Crippen MR) is 306 cm³/mol. The molecular formula is C62H101O11P. The van der Waals surface area contributed by atoms with Gasteiger partial charge in [-0.2, -0.15) is 0 Å². The van der Waals surface area contributed by atoms with E-state index in [0.717, 1.165) is 128 Å². The fourth-order valence-corrected chi connectivity index (χ4v) is 7.91. The summed E-state index contributed by atoms with van der Waals surface area (Å²) in [7, 11) is -4.78. The number of phosphoric ester groups is 1. The fraction of sp³-hybridized carbons (Fsp3) is 0.629. The van der Waals surface area contributed by atoms with Crippen LogP contribution in [0.25, 0.3) is 0 Å². The topological polar surface area (TPSA) is 155 Å². The Balaban J connectivity index is 4.87. The van der Waals surface area contributed by atoms with Gasteiger partial charge in [0.25, 0.3) is 0 Å². The molecule has 0 aromatic carbocycles. The molecule has 0 aromatic rings. The van der Waals surface area contributed by atoms with Crippen LogP contribution in [-0.4, -0.2) is 66.5 Å². The number of aliphatic hydroxyl groups excluding tert-OH is 1. The Hall–Kier alpha value is -4.12. The number of carbonyl (C=O) groups excluding carboxylic acids is 3. The average molecular weight is 1050 g/mol. The summed E-state index contributed by atoms with van der Waals surface area (Å²) >= 11 is 0. The molecule has 0 amide bonds. The van der Waals surface area contributed by atoms with Gasteiger partial charge in [-0.3, -0.25) is 23.4 Å². The van der Waals surface area contributed by atoms with Crippen LogP contribution in [0.3, 0.4) is 0 Å². The van der Waals surface area contributed by atoms with Crippen molar-refractivity contribution in [3.8, 4) is 0 Å². The number of hydrogen-bond donors (Lipinski definition) is 2. The van der Waals surface area contributed by atoms with Crippen molar-refractivity contribution >= 4 is 25.7 Å². The minimum atomic E-state index is -4.78. The first kappa shape index (κ1) is 69.9. The summed E-state index contributed by atoms with van der Waals surface area (Å²) in [5, 5.41) is 9.80. The molecule has 0 aliphatic rings. The zero-order chi connectivity index (χ0) is 54.1. The molecule has 2 N–H and O–H groups in total. The lowest BCUT2D eigenvalue weighted by Crippen LogP contribution is -2.30. The van der Waals surface area contributed by atoms with Crippen LogP contribution in [0.4, 0.5) is 0 Å². The largest absolute Gasteiger partial charge is 0.472 e. The smallest absolute Gasteiger partial charge is 0.462 e. The second-order valence-electron chi connectivity index (χ2n) is 18.3. The lowest BCUT2D eigenvalue weighted by Gasteiger charge is -2.21. The highest BCUT2D eigenvalue weighted by atomic mass is 31.2. The van der Waals surface area contributed by atoms with E-state index in [1.165, 1.54) is 25.7 Å². The summed E-state index contributed by atoms with van der Waals surface area (Å²) in [5.74, 6) is -1.66. The van der Waals surface area contributed by atoms with Crippen LogP contribution in [0, 0.1) is 0 Å². The van der Waals surface area contributed by atoms with E-state index >= 15 is 0 Å². The minimum Gasteiger partial charge on any atom is -0.462 e. The van der Waals surface area contributed by atoms with Gasteiger partial charge in [-0.25, -0.2) is 4.57 Å². The van der Waals surface area contributed by atoms with Crippen molar-refractivity contribution in [2.45, 2.75) is 226 Å². The fourth-order valence-electron chi connectivity index (χ4n) is 7.12. The molecule has 0 rings (SSSR count). The lowest BCUT2D eigenvalue weighted by molar-refractivity contribution is -0.160. The molecule has 420 valence electrons. The third-order valence-electron chi connectivity index (χ3n) is 11.4. The van der Waals surface area contributed by atoms with Crippen molar-refractivity contribution in [2.75, 3.05) is 26.4 Å². The molecule has 0 aliphatic carbocycles. The van der Waals surface area contributed by atoms with E-state index in [9.17, 15) is 28.9 Å². The summed E-state index contributed by atoms with van der Waals surface area (Å²) in [4.78, 5) is 48.4. The number of esters is 3. The van der Waals surface area contributed by atoms with Gasteiger partial charge in [0.2, 0.25) is 0 Å². The molecule has 3 atom stereocenters. The minimum absolute atomic E-state index is 0.0743. The van der Waals surface area contributed by atoms with Crippen LogP contribution in [0.15, 0.2) is 122 Å². The summed E-state index contributed by atoms with van der Waals surface area (Å²) in [6.45, 7) is 4.25. The molecule has 0 bridgehead atoms. The highest BCUT2D eigenvalue weighted by molar-refractivity contribution is 7.47. The monoisotopic (exact) mass is 1050 g/mol. The maximum atomic E-state index is 12.9. The zero-order valence-electron chi connectivity index (χ0n) is 46.3. The van der Waals surface area contributed by atoms with E-state index in [2.05, 4.69) is 118 Å². The highest BCUT2D eigenvalue weighted by Crippen LogP contribution is 2.43. The third-order valence-corrected chi connectivity index (χ3v) is 12.3. The Morgan fingerprint density at radius 3 is 1.20 bits per heavy atom. The Kier molecular flexibility index (Phi) is 52.1. The van der Waals surface area contributed by atoms with Gasteiger partial charge < -0.3 is 24.2 Å². The van der Waals surface area contributed by atoms with E-state index in [4.69, 9.17) is 23.3 Å². The lowest BCUT2D eigenvalue weighted by atomic mass is 10.1. The van der Waals surface area contributed by atoms with Crippen LogP contribution in [0.2, 0.25) is 0 Å². The van der Waals surface area contributed by atoms with Crippen LogP contribution in [0.5, 0.6) is 0 Å². The SMILES string of the molecule is CC/C=C\C/C=C\C/C=C\C/C=C\C/C=C\CC(=O)OC(COC(=O)CCCCCCCC/C=C\C/C=C\C/C=C\C/C=C\CC)COP(=O)(O)OCC(CO)OC(=O)CCCCCCC/C=C\CCCCCC. The van der Waals surface area contributed by atoms with Crippen LogP contribution in [-0.2, 0) is 42.2 Å². The van der Waals surface area contributed by atoms with Gasteiger partial charge in [-0.1, -0.05) is 206 Å². The van der Waals surface area contributed by atoms with Gasteiger partial charge in [0.05, 0.1) is 26.2 Å². The molecule has 0 aliphatic heterocycles. The molecule has 11 nitrogen and oxygen atoms in total. The van der Waals surface area contributed by atoms with Crippen molar-refractivity contribution in [1.82, 2.24) is 0 Å². The van der Waals surface area contributed by atoms with Gasteiger partial charge in [0.1, 0.15) is 12.7 Å². The molecule has 0 heterocycles. The van der Waals surface area contributed by atoms with Crippen molar-refractivity contribution in [3.05, 3.63) is 122 Å². The number of unbranched alkanes of at least 4 members (excludes halogenated alkanes) is 15. The maximum absolute atomic E-state index is 12.9. The summed E-state index contributed by atoms with van der Waals surface area (Å²) < 4.78 is 39.3. The number of phosphoric acid groups is 1. The molecule has 0 spiro atoms. The molecule has 0 fully saturated rings. The van der Waals surface area contributed by atoms with E-state index in [0.29, 0.717) is 19.3 Å². The van der Waals surface area contributed by atoms with E-state index < -0.39 is 57.8 Å². The average Bonchev–Trinajstić information content (AvgIpc) is 3.39. The van der Waals surface area contributed by atoms with Crippen molar-refractivity contribution in [3.63, 3.8) is 0 Å². The second-order valence-corrected chi connectivity index (χ2v) is 19.8. The first-order valence-corrected chi connectivity index (χ1v) is 29.9. The normalized spacial score (nSPS) is 14.3. The van der Waals surface area contributed by atoms with E-state index in [-0.39, 0.29) is 25.9 Å². The first-order chi connectivity index (χ1) is 36.2. The molecule has 12 heteroatoms. The molecule has 0 saturated heterocycles. The summed E-state index contributed by atoms with van der Waals surface area (Å²) in [5.41, 5.74) is 0. The third kappa shape index (κ3) is 52.7. The summed E-state index contributed by atoms with van der Waals surface area (Å²) in [6, 6.07) is 0. The molecule has 0 aromatic heterocycles. The van der Waals surface area contributed by atoms with E-state index in [1.807, 2.05) is 18.2 Å². The van der Waals surface area contributed by atoms with Gasteiger partial charge in [-0.15, -0.1) is 0 Å². The Morgan fingerprint density at radius 1 is 0.405 bits per heavy atom. The van der Waals surface area contributed by atoms with Crippen molar-refractivity contribution < 1.29 is 52.2 Å². The van der Waals surface area contributed by atoms with Crippen molar-refractivity contribution in [2.24, 2.45) is 0 Å². The Morgan fingerprint density at radius 2 is 0.757 bits per heavy atom. The standard InChI is InChI=1S/C62H101O11P/c1-4-7-10-13-16-19-22-25-27-28-29-30-32-34-36-39-42-45-48-51-60(64)69-55-59(73-62(66)53-50-47-44-41-38-35-31-26-23-20-17-14-11-8-5-2)57-71-74(67,68)70-56-58(54-63)72-61(65)52-49-46-43-40-37-33-24-21-18-15-12-9-6-3/h7-8,10-11,16-17,19-21,24-27,29-31,38,41,47,50,58-59,63H,4-6,9,12-15,18,22-23,28,32-37,39-40,42-46,48-49,51-57H2,1-3H3,(H,67,68)/b10-7-,11-8-,19-16-,20-17-,24-21-,27-25-,30-29-,31-26-,41-38-,50-47-. The second kappa shape index (κ2) is 55.1. The molecule has 3 unspecified atom stereocenters. The molecular weight excluding hydrogens is 952 g/mol.